The number of nitrogens with zero attached hydrogens (tertiary/aromatic N) is 3. The minimum atomic E-state index is -0.0472. The quantitative estimate of drug-likeness (QED) is 0.458. The molecule has 2 aliphatic rings. The first kappa shape index (κ1) is 21.4. The number of anilines is 1. The van der Waals surface area contributed by atoms with E-state index >= 15 is 0 Å². The van der Waals surface area contributed by atoms with Crippen LogP contribution in [-0.2, 0) is 9.59 Å². The first-order chi connectivity index (χ1) is 13.4. The number of nitrogens with one attached hydrogen (secondary N) is 1. The largest absolute Gasteiger partial charge is 0.506 e. The SMILES string of the molecule is O=C(CNc1cc(Cl)c(Cl)cc1O)N1CCN(C2CN(C(=O)CCS)C2)CC1. The highest BCUT2D eigenvalue weighted by atomic mass is 35.5. The highest BCUT2D eigenvalue weighted by Crippen LogP contribution is 2.33. The molecule has 0 atom stereocenters. The van der Waals surface area contributed by atoms with Crippen LogP contribution in [0.5, 0.6) is 5.75 Å². The number of likely N-dealkylation sites (tertiary alicyclic amines) is 1. The summed E-state index contributed by atoms with van der Waals surface area (Å²) in [6, 6.07) is 3.23. The van der Waals surface area contributed by atoms with E-state index in [1.807, 2.05) is 4.90 Å². The number of benzene rings is 1. The summed E-state index contributed by atoms with van der Waals surface area (Å²) < 4.78 is 0. The monoisotopic (exact) mass is 446 g/mol. The van der Waals surface area contributed by atoms with Crippen LogP contribution in [0.4, 0.5) is 5.69 Å². The molecule has 2 aliphatic heterocycles. The van der Waals surface area contributed by atoms with Gasteiger partial charge in [-0.05, 0) is 11.8 Å². The molecule has 0 unspecified atom stereocenters. The molecule has 1 aromatic carbocycles. The Morgan fingerprint density at radius 1 is 1.07 bits per heavy atom. The molecule has 0 bridgehead atoms. The van der Waals surface area contributed by atoms with Crippen molar-refractivity contribution in [2.75, 3.05) is 56.9 Å². The highest BCUT2D eigenvalue weighted by molar-refractivity contribution is 7.80. The second kappa shape index (κ2) is 9.43. The fraction of sp³-hybridized carbons (Fsp3) is 0.556. The van der Waals surface area contributed by atoms with E-state index in [-0.39, 0.29) is 29.1 Å². The van der Waals surface area contributed by atoms with E-state index in [0.29, 0.717) is 42.0 Å². The molecule has 0 spiro atoms. The van der Waals surface area contributed by atoms with Crippen LogP contribution in [0.1, 0.15) is 6.42 Å². The van der Waals surface area contributed by atoms with Crippen LogP contribution in [0, 0.1) is 0 Å². The smallest absolute Gasteiger partial charge is 0.241 e. The molecule has 0 aromatic heterocycles. The molecule has 2 amide bonds. The number of aromatic hydroxyl groups is 1. The van der Waals surface area contributed by atoms with Crippen LogP contribution in [-0.4, -0.2) is 89.2 Å². The summed E-state index contributed by atoms with van der Waals surface area (Å²) in [5.41, 5.74) is 0.377. The molecule has 2 heterocycles. The molecule has 0 saturated carbocycles. The third-order valence-corrected chi connectivity index (χ3v) is 6.14. The molecule has 3 rings (SSSR count). The van der Waals surface area contributed by atoms with Crippen LogP contribution >= 0.6 is 35.8 Å². The third kappa shape index (κ3) is 4.97. The lowest BCUT2D eigenvalue weighted by atomic mass is 10.1. The molecule has 2 saturated heterocycles. The van der Waals surface area contributed by atoms with E-state index in [4.69, 9.17) is 23.2 Å². The molecule has 0 radical (unpaired) electrons. The van der Waals surface area contributed by atoms with Gasteiger partial charge >= 0.3 is 0 Å². The van der Waals surface area contributed by atoms with Gasteiger partial charge in [0, 0.05) is 57.8 Å². The van der Waals surface area contributed by atoms with E-state index in [0.717, 1.165) is 26.2 Å². The van der Waals surface area contributed by atoms with E-state index in [1.54, 1.807) is 4.90 Å². The lowest BCUT2D eigenvalue weighted by molar-refractivity contribution is -0.139. The summed E-state index contributed by atoms with van der Waals surface area (Å²) in [4.78, 5) is 30.3. The van der Waals surface area contributed by atoms with Crippen molar-refractivity contribution in [1.29, 1.82) is 0 Å². The molecular weight excluding hydrogens is 423 g/mol. The van der Waals surface area contributed by atoms with Crippen molar-refractivity contribution in [3.8, 4) is 5.75 Å². The average Bonchev–Trinajstić information content (AvgIpc) is 2.63. The molecule has 0 aliphatic carbocycles. The molecule has 28 heavy (non-hydrogen) atoms. The average molecular weight is 447 g/mol. The Balaban J connectivity index is 1.41. The standard InChI is InChI=1S/C18H24Cl2N4O3S/c19-13-7-15(16(25)8-14(13)20)21-9-18(27)23-4-2-22(3-5-23)12-10-24(11-12)17(26)1-6-28/h7-8,12,21,25,28H,1-6,9-11H2. The number of carbonyl (C=O) groups excluding carboxylic acids is 2. The molecule has 154 valence electrons. The molecular formula is C18H24Cl2N4O3S. The van der Waals surface area contributed by atoms with Crippen molar-refractivity contribution >= 4 is 53.3 Å². The van der Waals surface area contributed by atoms with Gasteiger partial charge in [0.05, 0.1) is 22.3 Å². The minimum absolute atomic E-state index is 0.0377. The molecule has 2 fully saturated rings. The zero-order valence-electron chi connectivity index (χ0n) is 15.4. The normalized spacial score (nSPS) is 18.1. The van der Waals surface area contributed by atoms with Crippen LogP contribution in [0.3, 0.4) is 0 Å². The van der Waals surface area contributed by atoms with E-state index in [2.05, 4.69) is 22.8 Å². The van der Waals surface area contributed by atoms with Crippen LogP contribution in [0.2, 0.25) is 10.0 Å². The summed E-state index contributed by atoms with van der Waals surface area (Å²) in [6.07, 6.45) is 0.486. The zero-order chi connectivity index (χ0) is 20.3. The Morgan fingerprint density at radius 2 is 1.71 bits per heavy atom. The summed E-state index contributed by atoms with van der Waals surface area (Å²) in [5.74, 6) is 0.657. The number of rotatable bonds is 6. The highest BCUT2D eigenvalue weighted by Gasteiger charge is 2.36. The summed E-state index contributed by atoms with van der Waals surface area (Å²) in [6.45, 7) is 4.48. The number of phenols is 1. The van der Waals surface area contributed by atoms with Crippen LogP contribution < -0.4 is 5.32 Å². The van der Waals surface area contributed by atoms with Gasteiger partial charge in [-0.2, -0.15) is 12.6 Å². The van der Waals surface area contributed by atoms with Crippen LogP contribution in [0.25, 0.3) is 0 Å². The first-order valence-electron chi connectivity index (χ1n) is 9.21. The van der Waals surface area contributed by atoms with Crippen molar-refractivity contribution in [3.05, 3.63) is 22.2 Å². The number of thiol groups is 1. The van der Waals surface area contributed by atoms with Gasteiger partial charge < -0.3 is 20.2 Å². The van der Waals surface area contributed by atoms with Gasteiger partial charge in [0.1, 0.15) is 5.75 Å². The van der Waals surface area contributed by atoms with Crippen molar-refractivity contribution in [2.45, 2.75) is 12.5 Å². The number of piperazine rings is 1. The maximum atomic E-state index is 12.5. The molecule has 10 heteroatoms. The maximum Gasteiger partial charge on any atom is 0.241 e. The lowest BCUT2D eigenvalue weighted by Gasteiger charge is -2.48. The van der Waals surface area contributed by atoms with E-state index < -0.39 is 0 Å². The number of hydrogen-bond acceptors (Lipinski definition) is 6. The van der Waals surface area contributed by atoms with Gasteiger partial charge in [-0.1, -0.05) is 23.2 Å². The predicted octanol–water partition coefficient (Wildman–Crippen LogP) is 1.79. The number of halogens is 2. The van der Waals surface area contributed by atoms with Crippen molar-refractivity contribution in [1.82, 2.24) is 14.7 Å². The molecule has 7 nitrogen and oxygen atoms in total. The number of phenolic OH excluding ortho intramolecular Hbond substituents is 1. The number of hydrogen-bond donors (Lipinski definition) is 3. The maximum absolute atomic E-state index is 12.5. The topological polar surface area (TPSA) is 76.1 Å². The van der Waals surface area contributed by atoms with E-state index in [1.165, 1.54) is 12.1 Å². The Morgan fingerprint density at radius 3 is 2.36 bits per heavy atom. The summed E-state index contributed by atoms with van der Waals surface area (Å²) in [5, 5.41) is 13.4. The third-order valence-electron chi connectivity index (χ3n) is 5.19. The van der Waals surface area contributed by atoms with Crippen molar-refractivity contribution in [3.63, 3.8) is 0 Å². The Kier molecular flexibility index (Phi) is 7.20. The summed E-state index contributed by atoms with van der Waals surface area (Å²) in [7, 11) is 0. The van der Waals surface area contributed by atoms with Gasteiger partial charge in [0.25, 0.3) is 0 Å². The Hall–Kier alpha value is -1.35. The lowest BCUT2D eigenvalue weighted by Crippen LogP contribution is -2.64. The number of amides is 2. The predicted molar refractivity (Wildman–Crippen MR) is 114 cm³/mol. The second-order valence-electron chi connectivity index (χ2n) is 6.98. The van der Waals surface area contributed by atoms with Gasteiger partial charge in [-0.25, -0.2) is 0 Å². The van der Waals surface area contributed by atoms with E-state index in [9.17, 15) is 14.7 Å². The first-order valence-corrected chi connectivity index (χ1v) is 10.6. The fourth-order valence-corrected chi connectivity index (χ4v) is 3.95. The van der Waals surface area contributed by atoms with Crippen LogP contribution in [0.15, 0.2) is 12.1 Å². The molecule has 1 aromatic rings. The van der Waals surface area contributed by atoms with Gasteiger partial charge in [-0.15, -0.1) is 0 Å². The molecule has 2 N–H and O–H groups in total. The minimum Gasteiger partial charge on any atom is -0.506 e. The zero-order valence-corrected chi connectivity index (χ0v) is 17.8. The number of carbonyl (C=O) groups is 2. The van der Waals surface area contributed by atoms with Crippen molar-refractivity contribution in [2.24, 2.45) is 0 Å². The van der Waals surface area contributed by atoms with Gasteiger partial charge in [-0.3, -0.25) is 14.5 Å². The van der Waals surface area contributed by atoms with Gasteiger partial charge in [0.2, 0.25) is 11.8 Å². The fourth-order valence-electron chi connectivity index (χ4n) is 3.44. The van der Waals surface area contributed by atoms with Gasteiger partial charge in [0.15, 0.2) is 0 Å². The Bertz CT molecular complexity index is 738. The Labute approximate surface area is 180 Å². The summed E-state index contributed by atoms with van der Waals surface area (Å²) >= 11 is 15.9. The van der Waals surface area contributed by atoms with Crippen molar-refractivity contribution < 1.29 is 14.7 Å². The second-order valence-corrected chi connectivity index (χ2v) is 8.24.